The van der Waals surface area contributed by atoms with E-state index in [2.05, 4.69) is 26.5 Å². The molecule has 7 aliphatic heterocycles. The fraction of sp³-hybridized carbons (Fsp3) is 0.897. The maximum absolute atomic E-state index is 12.7. The maximum atomic E-state index is 12.7. The standard InChI is InChI=1S/C58H88O29/c1-21-15-78-58(48(71)43(21)83-51-41(69)39(67)37(65)22(2)79-51)31(16-74-24(4)60)36-34(87-58)14-30-28-9-8-26-12-27(62)13-35(56(26,7)29(28)10-11-55(30,36)6)82-53-47(45(33(64)18-76-53)84-50-40(68)38(66)32(63)17-75-50)86-52-42(70)46(44(23(3)80-52)81-25(5)61)85-54-49(72)57(73,19-59)20-77-54/h8,22-23,27-54,59,62-73H,1,9-20H2,2-7H3/t22-,23+,27-,28-,29+,30+,31+,32-,33+,34+,35-,36+,37-,38+,39+,40-,41-,42-,43+,44+,45+,46+,47-,48+,49+,50+,51+,52+,53+,54+,55+,56+,57-,58+/m1/s1. The van der Waals surface area contributed by atoms with Gasteiger partial charge in [0.15, 0.2) is 37.6 Å². The molecule has 0 bridgehead atoms. The second-order valence-corrected chi connectivity index (χ2v) is 26.5. The third kappa shape index (κ3) is 11.5. The Balaban J connectivity index is 0.877. The van der Waals surface area contributed by atoms with Crippen LogP contribution in [0.1, 0.15) is 80.1 Å². The van der Waals surface area contributed by atoms with Gasteiger partial charge in [-0.1, -0.05) is 32.1 Å². The maximum Gasteiger partial charge on any atom is 0.303 e. The minimum atomic E-state index is -2.15. The molecule has 87 heavy (non-hydrogen) atoms. The Labute approximate surface area is 501 Å². The van der Waals surface area contributed by atoms with E-state index < -0.39 is 220 Å². The molecule has 34 atom stereocenters. The molecule has 3 saturated carbocycles. The van der Waals surface area contributed by atoms with Gasteiger partial charge in [-0.3, -0.25) is 9.59 Å². The highest BCUT2D eigenvalue weighted by atomic mass is 16.8. The molecule has 7 saturated heterocycles. The van der Waals surface area contributed by atoms with Crippen LogP contribution in [0.3, 0.4) is 0 Å². The summed E-state index contributed by atoms with van der Waals surface area (Å²) in [6.45, 7) is 10.9. The quantitative estimate of drug-likeness (QED) is 0.0579. The van der Waals surface area contributed by atoms with Crippen LogP contribution in [0, 0.1) is 40.4 Å². The van der Waals surface area contributed by atoms with E-state index in [-0.39, 0.29) is 48.9 Å². The van der Waals surface area contributed by atoms with E-state index in [1.165, 1.54) is 20.8 Å². The minimum absolute atomic E-state index is 0.0471. The molecule has 11 aliphatic rings. The molecule has 29 heteroatoms. The first-order valence-corrected chi connectivity index (χ1v) is 30.3. The lowest BCUT2D eigenvalue weighted by molar-refractivity contribution is -0.387. The number of aliphatic hydroxyl groups is 13. The summed E-state index contributed by atoms with van der Waals surface area (Å²) in [4.78, 5) is 25.1. The zero-order chi connectivity index (χ0) is 62.7. The van der Waals surface area contributed by atoms with Crippen LogP contribution in [0.25, 0.3) is 0 Å². The highest BCUT2D eigenvalue weighted by Crippen LogP contribution is 2.71. The summed E-state index contributed by atoms with van der Waals surface area (Å²) in [5.41, 5.74) is -2.31. The van der Waals surface area contributed by atoms with E-state index in [1.54, 1.807) is 0 Å². The number of carbonyl (C=O) groups excluding carboxylic acids is 2. The second kappa shape index (κ2) is 25.0. The zero-order valence-electron chi connectivity index (χ0n) is 49.4. The second-order valence-electron chi connectivity index (χ2n) is 26.5. The fourth-order valence-electron chi connectivity index (χ4n) is 16.6. The van der Waals surface area contributed by atoms with Crippen molar-refractivity contribution in [1.82, 2.24) is 0 Å². The molecule has 4 aliphatic carbocycles. The highest BCUT2D eigenvalue weighted by Gasteiger charge is 2.74. The van der Waals surface area contributed by atoms with Gasteiger partial charge in [-0.25, -0.2) is 0 Å². The summed E-state index contributed by atoms with van der Waals surface area (Å²) in [7, 11) is 0. The van der Waals surface area contributed by atoms with Crippen LogP contribution in [0.15, 0.2) is 23.8 Å². The monoisotopic (exact) mass is 1250 g/mol. The molecule has 11 rings (SSSR count). The lowest BCUT2D eigenvalue weighted by Crippen LogP contribution is -2.66. The van der Waals surface area contributed by atoms with Crippen molar-refractivity contribution < 1.29 is 142 Å². The van der Waals surface area contributed by atoms with Crippen molar-refractivity contribution in [2.75, 3.05) is 39.6 Å². The van der Waals surface area contributed by atoms with Gasteiger partial charge < -0.3 is 133 Å². The van der Waals surface area contributed by atoms with Crippen LogP contribution in [-0.2, 0) is 75.9 Å². The number of rotatable bonds is 14. The molecule has 29 nitrogen and oxygen atoms in total. The number of hydrogen-bond acceptors (Lipinski definition) is 29. The van der Waals surface area contributed by atoms with Crippen molar-refractivity contribution in [3.63, 3.8) is 0 Å². The molecular weight excluding hydrogens is 1160 g/mol. The van der Waals surface area contributed by atoms with Crippen molar-refractivity contribution in [2.45, 2.75) is 245 Å². The molecule has 0 amide bonds. The van der Waals surface area contributed by atoms with E-state index in [4.69, 9.17) is 66.3 Å². The summed E-state index contributed by atoms with van der Waals surface area (Å²) in [5, 5.41) is 144. The van der Waals surface area contributed by atoms with Crippen LogP contribution in [0.5, 0.6) is 0 Å². The van der Waals surface area contributed by atoms with Gasteiger partial charge in [-0.05, 0) is 74.7 Å². The SMILES string of the molecule is C=C1CO[C@@]2(O[C@H]3C[C@H]4[C@@H]5CC=C6C[C@@H](O)C[C@@H](O[C@@H]7OC[C@H](O)[C@H](O[C@@H]8OC[C@@H](O)[C@H](O)[C@H]8O)[C@H]7O[C@@H]7O[C@@H](C)[C@H](OC(C)=O)[C@@H](O[C@@H]8OC[C@](O)(CO)[C@H]8O)[C@H]7O)[C@]6(C)[C@H]5CC[C@]4(C)[C@H]3[C@@H]2COC(C)=O)[C@@H](O)[C@H]1O[C@@H]1O[C@H](C)[C@@H](O)[C@H](O)[C@H]1O. The molecule has 494 valence electrons. The van der Waals surface area contributed by atoms with Gasteiger partial charge in [0.05, 0.1) is 76.1 Å². The van der Waals surface area contributed by atoms with Crippen LogP contribution in [0.2, 0.25) is 0 Å². The van der Waals surface area contributed by atoms with Crippen molar-refractivity contribution in [3.05, 3.63) is 23.8 Å². The largest absolute Gasteiger partial charge is 0.465 e. The van der Waals surface area contributed by atoms with Gasteiger partial charge >= 0.3 is 11.9 Å². The Morgan fingerprint density at radius 2 is 1.36 bits per heavy atom. The predicted octanol–water partition coefficient (Wildman–Crippen LogP) is -4.24. The van der Waals surface area contributed by atoms with Crippen molar-refractivity contribution in [2.24, 2.45) is 40.4 Å². The summed E-state index contributed by atoms with van der Waals surface area (Å²) in [6.07, 6.45) is -32.1. The Kier molecular flexibility index (Phi) is 19.0. The molecule has 7 heterocycles. The summed E-state index contributed by atoms with van der Waals surface area (Å²) in [5.74, 6) is -4.53. The van der Waals surface area contributed by atoms with Gasteiger partial charge in [0.2, 0.25) is 5.79 Å². The zero-order valence-corrected chi connectivity index (χ0v) is 49.4. The lowest BCUT2D eigenvalue weighted by Gasteiger charge is -2.61. The summed E-state index contributed by atoms with van der Waals surface area (Å²) < 4.78 is 86.6. The van der Waals surface area contributed by atoms with Crippen LogP contribution >= 0.6 is 0 Å². The topological polar surface area (TPSA) is 426 Å². The Morgan fingerprint density at radius 3 is 2.06 bits per heavy atom. The van der Waals surface area contributed by atoms with Gasteiger partial charge in [0.25, 0.3) is 0 Å². The van der Waals surface area contributed by atoms with E-state index in [0.29, 0.717) is 32.1 Å². The molecule has 0 unspecified atom stereocenters. The molecule has 1 spiro atoms. The van der Waals surface area contributed by atoms with Gasteiger partial charge in [0, 0.05) is 31.6 Å². The molecule has 0 aromatic rings. The van der Waals surface area contributed by atoms with E-state index in [1.807, 2.05) is 0 Å². The molecule has 0 aromatic heterocycles. The summed E-state index contributed by atoms with van der Waals surface area (Å²) in [6, 6.07) is 0. The Bertz CT molecular complexity index is 2510. The third-order valence-corrected chi connectivity index (χ3v) is 21.3. The van der Waals surface area contributed by atoms with E-state index in [9.17, 15) is 76.0 Å². The van der Waals surface area contributed by atoms with Gasteiger partial charge in [0.1, 0.15) is 91.1 Å². The normalized spacial score (nSPS) is 54.1. The van der Waals surface area contributed by atoms with Gasteiger partial charge in [-0.2, -0.15) is 0 Å². The average molecular weight is 1250 g/mol. The third-order valence-electron chi connectivity index (χ3n) is 21.3. The van der Waals surface area contributed by atoms with Crippen LogP contribution in [0.4, 0.5) is 0 Å². The Hall–Kier alpha value is -2.58. The first kappa shape index (κ1) is 65.9. The lowest BCUT2D eigenvalue weighted by atomic mass is 9.46. The molecular formula is C58H88O29. The summed E-state index contributed by atoms with van der Waals surface area (Å²) >= 11 is 0. The number of allylic oxidation sites excluding steroid dienone is 1. The van der Waals surface area contributed by atoms with Crippen molar-refractivity contribution >= 4 is 11.9 Å². The number of aliphatic hydroxyl groups excluding tert-OH is 12. The molecule has 13 N–H and O–H groups in total. The number of ether oxygens (including phenoxy) is 14. The number of carbonyl (C=O) groups is 2. The highest BCUT2D eigenvalue weighted by molar-refractivity contribution is 5.66. The molecule has 0 radical (unpaired) electrons. The average Bonchev–Trinajstić information content (AvgIpc) is 1.58. The smallest absolute Gasteiger partial charge is 0.303 e. The van der Waals surface area contributed by atoms with Gasteiger partial charge in [-0.15, -0.1) is 0 Å². The van der Waals surface area contributed by atoms with E-state index in [0.717, 1.165) is 12.5 Å². The number of esters is 2. The number of hydrogen-bond donors (Lipinski definition) is 13. The molecule has 0 aromatic carbocycles. The van der Waals surface area contributed by atoms with Crippen molar-refractivity contribution in [3.8, 4) is 0 Å². The predicted molar refractivity (Wildman–Crippen MR) is 285 cm³/mol. The van der Waals surface area contributed by atoms with Crippen molar-refractivity contribution in [1.29, 1.82) is 0 Å². The molecule has 10 fully saturated rings. The van der Waals surface area contributed by atoms with Crippen LogP contribution in [-0.4, -0.2) is 283 Å². The van der Waals surface area contributed by atoms with Crippen LogP contribution < -0.4 is 0 Å². The Morgan fingerprint density at radius 1 is 0.690 bits per heavy atom. The number of fused-ring (bicyclic) bond motifs is 7. The minimum Gasteiger partial charge on any atom is -0.465 e. The van der Waals surface area contributed by atoms with E-state index >= 15 is 0 Å². The fourth-order valence-corrected chi connectivity index (χ4v) is 16.6. The first-order valence-electron chi connectivity index (χ1n) is 30.3. The first-order chi connectivity index (χ1) is 41.1.